The molecule has 0 aliphatic heterocycles. The maximum Gasteiger partial charge on any atom is 0.246 e. The second kappa shape index (κ2) is 49.6. The minimum Gasteiger partial charge on any atom is -0.441 e. The maximum atomic E-state index is 5.08. The number of imidazole rings is 1. The van der Waals surface area contributed by atoms with Gasteiger partial charge in [0.25, 0.3) is 0 Å². The molecule has 0 amide bonds. The zero-order chi connectivity index (χ0) is 100. The maximum absolute atomic E-state index is 5.08. The van der Waals surface area contributed by atoms with Crippen LogP contribution in [0, 0.1) is 96.9 Å². The first kappa shape index (κ1) is 99.8. The normalized spacial score (nSPS) is 10.4. The van der Waals surface area contributed by atoms with E-state index in [2.05, 4.69) is 187 Å². The first-order valence-electron chi connectivity index (χ1n) is 45.0. The van der Waals surface area contributed by atoms with Gasteiger partial charge in [-0.3, -0.25) is 44.4 Å². The predicted molar refractivity (Wildman–Crippen MR) is 562 cm³/mol. The van der Waals surface area contributed by atoms with Crippen LogP contribution in [0.25, 0.3) is 137 Å². The topological polar surface area (TPSA) is 430 Å². The van der Waals surface area contributed by atoms with Crippen molar-refractivity contribution in [2.24, 2.45) is 0 Å². The molecule has 1 N–H and O–H groups in total. The SMILES string of the molecule is Cc1cccc2ccnn12.Cc1cccc2cn[nH]c12.Cc1cccn2ccnc12.Cc1ccnc2cccnc12.Cc1ccnc2ccncc12.Cc1ccnc2cnoc12.Cc1ccnc2conc12.Cc1ccnc2ncccc12.Cc1ccnc2ncoc12.Cc1ccnc2ncsc12.Cc1ccnc2ocnc12.Cc1ccnc2scnc12.Cc1ncnc2cnccc12.Cc1nnc2ccncn12. The summed E-state index contributed by atoms with van der Waals surface area (Å²) in [5, 5.41) is 30.7. The number of hydrogen-bond acceptors (Lipinski definition) is 33. The molecule has 37 heteroatoms. The highest BCUT2D eigenvalue weighted by atomic mass is 32.1. The summed E-state index contributed by atoms with van der Waals surface area (Å²) in [4.78, 5) is 86.6. The lowest BCUT2D eigenvalue weighted by Gasteiger charge is -1.97. The molecule has 0 aliphatic rings. The van der Waals surface area contributed by atoms with Gasteiger partial charge in [-0.05, 0) is 273 Å². The van der Waals surface area contributed by atoms with Crippen molar-refractivity contribution >= 4 is 160 Å². The fourth-order valence-electron chi connectivity index (χ4n) is 14.0. The van der Waals surface area contributed by atoms with Crippen LogP contribution in [0.3, 0.4) is 0 Å². The average Bonchev–Trinajstić information content (AvgIpc) is 1.78. The van der Waals surface area contributed by atoms with E-state index < -0.39 is 0 Å². The fraction of sp³-hybridized carbons (Fsp3) is 0.131. The van der Waals surface area contributed by atoms with Crippen LogP contribution in [0.2, 0.25) is 0 Å². The molecular weight excluding hydrogens is 1850 g/mol. The number of para-hydroxylation sites is 1. The molecular formula is C107H97N31O4S2. The number of hydrogen-bond donors (Lipinski definition) is 1. The second-order valence-electron chi connectivity index (χ2n) is 31.9. The van der Waals surface area contributed by atoms with Crippen LogP contribution >= 0.6 is 22.7 Å². The Morgan fingerprint density at radius 3 is 1.74 bits per heavy atom. The molecule has 0 atom stereocenters. The molecule has 27 aromatic heterocycles. The minimum absolute atomic E-state index is 0.611. The molecule has 28 aromatic rings. The van der Waals surface area contributed by atoms with E-state index in [9.17, 15) is 0 Å². The highest BCUT2D eigenvalue weighted by Crippen LogP contribution is 2.24. The Morgan fingerprint density at radius 2 is 1.01 bits per heavy atom. The Kier molecular flexibility index (Phi) is 34.4. The van der Waals surface area contributed by atoms with Gasteiger partial charge in [0.1, 0.15) is 62.8 Å². The van der Waals surface area contributed by atoms with Crippen molar-refractivity contribution in [3.63, 3.8) is 0 Å². The largest absolute Gasteiger partial charge is 0.441 e. The van der Waals surface area contributed by atoms with E-state index in [-0.39, 0.29) is 0 Å². The number of pyridine rings is 15. The van der Waals surface area contributed by atoms with E-state index in [4.69, 9.17) is 17.9 Å². The average molecular weight is 1950 g/mol. The van der Waals surface area contributed by atoms with Crippen LogP contribution in [-0.2, 0) is 0 Å². The predicted octanol–water partition coefficient (Wildman–Crippen LogP) is 22.9. The third kappa shape index (κ3) is 26.2. The number of rotatable bonds is 0. The van der Waals surface area contributed by atoms with Crippen molar-refractivity contribution < 1.29 is 17.9 Å². The number of oxazole rings is 2. The second-order valence-corrected chi connectivity index (χ2v) is 33.6. The summed E-state index contributed by atoms with van der Waals surface area (Å²) in [7, 11) is 0. The quantitative estimate of drug-likeness (QED) is 0.147. The summed E-state index contributed by atoms with van der Waals surface area (Å²) in [5.74, 6) is 0.864. The molecule has 716 valence electrons. The highest BCUT2D eigenvalue weighted by Gasteiger charge is 2.08. The molecule has 0 fully saturated rings. The summed E-state index contributed by atoms with van der Waals surface area (Å²) in [6.07, 6.45) is 46.9. The van der Waals surface area contributed by atoms with E-state index in [1.165, 1.54) is 67.5 Å². The molecule has 35 nitrogen and oxygen atoms in total. The van der Waals surface area contributed by atoms with Crippen LogP contribution in [-0.4, -0.2) is 154 Å². The Hall–Kier alpha value is -18.7. The first-order chi connectivity index (χ1) is 70.3. The lowest BCUT2D eigenvalue weighted by atomic mass is 10.2. The van der Waals surface area contributed by atoms with Gasteiger partial charge in [-0.15, -0.1) is 32.9 Å². The summed E-state index contributed by atoms with van der Waals surface area (Å²) in [5.41, 5.74) is 35.7. The number of benzene rings is 1. The Balaban J connectivity index is 0.000000117. The van der Waals surface area contributed by atoms with E-state index in [1.54, 1.807) is 128 Å². The van der Waals surface area contributed by atoms with Crippen molar-refractivity contribution in [3.05, 3.63) is 409 Å². The number of aromatic nitrogens is 31. The van der Waals surface area contributed by atoms with Gasteiger partial charge in [0.05, 0.1) is 67.4 Å². The Morgan fingerprint density at radius 1 is 0.354 bits per heavy atom. The van der Waals surface area contributed by atoms with E-state index in [0.717, 1.165) is 149 Å². The molecule has 0 bridgehead atoms. The number of nitrogens with one attached hydrogen (secondary N) is 1. The van der Waals surface area contributed by atoms with Gasteiger partial charge in [-0.1, -0.05) is 40.6 Å². The van der Waals surface area contributed by atoms with Crippen LogP contribution in [0.5, 0.6) is 0 Å². The molecule has 27 heterocycles. The summed E-state index contributed by atoms with van der Waals surface area (Å²) < 4.78 is 26.7. The van der Waals surface area contributed by atoms with Crippen molar-refractivity contribution in [2.75, 3.05) is 0 Å². The fourth-order valence-corrected chi connectivity index (χ4v) is 15.4. The number of thiazole rings is 2. The van der Waals surface area contributed by atoms with Crippen molar-refractivity contribution in [2.45, 2.75) is 96.9 Å². The van der Waals surface area contributed by atoms with E-state index in [1.807, 2.05) is 276 Å². The molecule has 0 spiro atoms. The molecule has 144 heavy (non-hydrogen) atoms. The van der Waals surface area contributed by atoms with E-state index in [0.29, 0.717) is 11.4 Å². The zero-order valence-corrected chi connectivity index (χ0v) is 82.7. The van der Waals surface area contributed by atoms with Crippen molar-refractivity contribution in [1.82, 2.24) is 154 Å². The van der Waals surface area contributed by atoms with Crippen LogP contribution in [0.15, 0.2) is 349 Å². The number of nitrogens with zero attached hydrogens (tertiary/aromatic N) is 30. The van der Waals surface area contributed by atoms with Gasteiger partial charge in [0, 0.05) is 157 Å². The van der Waals surface area contributed by atoms with Gasteiger partial charge in [-0.25, -0.2) is 69.3 Å². The Bertz CT molecular complexity index is 7610. The molecule has 1 aromatic carbocycles. The molecule has 0 radical (unpaired) electrons. The van der Waals surface area contributed by atoms with E-state index >= 15 is 0 Å². The van der Waals surface area contributed by atoms with Gasteiger partial charge >= 0.3 is 0 Å². The lowest BCUT2D eigenvalue weighted by molar-refractivity contribution is 0.428. The van der Waals surface area contributed by atoms with Gasteiger partial charge in [0.2, 0.25) is 5.71 Å². The number of H-pyrrole nitrogens is 1. The molecule has 0 saturated heterocycles. The smallest absolute Gasteiger partial charge is 0.246 e. The van der Waals surface area contributed by atoms with Crippen molar-refractivity contribution in [1.29, 1.82) is 0 Å². The molecule has 0 unspecified atom stereocenters. The summed E-state index contributed by atoms with van der Waals surface area (Å²) in [6, 6.07) is 49.4. The zero-order valence-electron chi connectivity index (χ0n) is 81.0. The number of aromatic amines is 1. The molecule has 0 saturated carbocycles. The Labute approximate surface area is 832 Å². The molecule has 0 aliphatic carbocycles. The van der Waals surface area contributed by atoms with Crippen LogP contribution in [0.1, 0.15) is 78.4 Å². The highest BCUT2D eigenvalue weighted by molar-refractivity contribution is 7.17. The van der Waals surface area contributed by atoms with Crippen LogP contribution < -0.4 is 0 Å². The third-order valence-electron chi connectivity index (χ3n) is 21.8. The van der Waals surface area contributed by atoms with Gasteiger partial charge < -0.3 is 22.3 Å². The summed E-state index contributed by atoms with van der Waals surface area (Å²) in [6.45, 7) is 28.2. The third-order valence-corrected chi connectivity index (χ3v) is 23.5. The van der Waals surface area contributed by atoms with Gasteiger partial charge in [-0.2, -0.15) is 15.2 Å². The monoisotopic (exact) mass is 1940 g/mol. The standard InChI is InChI=1S/3C9H8N2.C8H7N3.3C8H8N2.4C7H6N2O.2C7H6N2S.C6H6N4/c1-7-2-5-11-9-3-4-10-6-8(7)9;1-7-4-6-10-8-3-2-5-11-9(7)8;1-7-4-6-11-9-8(7)3-2-5-10-9;1-6-7-2-3-9-4-8(7)11-5-10-6;1-7-3-2-5-10-6-4-9-8(7)10;1-7-3-2-4-8-5-6-9-10(7)8;1-6-3-2-4-7-5-9-10-8(6)7;1-5-2-3-8-7-6(5)10-4-9-7;1-5-2-3-8-7-6(5)9-4-10-7;1-5-2-3-8-6-4-10-9-7(5)6;1-5-2-3-8-6-4-9-10-7(5)6;1-5-2-3-8-7-6(5)10-4-9-7;1-5-2-3-8-7-6(5)9-4-10-7;1-5-8-9-6-2-3-7-4-10(5)6/h3*2-6H,1H3;2-5H,1H3;2*2-6H,1H3;2-5H,1H3,(H,9,10);7*2-4H,1H3. The first-order valence-corrected chi connectivity index (χ1v) is 46.7. The van der Waals surface area contributed by atoms with Crippen molar-refractivity contribution in [3.8, 4) is 0 Å². The minimum atomic E-state index is 0.611. The number of aryl methyl sites for hydroxylation is 14. The van der Waals surface area contributed by atoms with Crippen LogP contribution in [0.4, 0.5) is 0 Å². The summed E-state index contributed by atoms with van der Waals surface area (Å²) >= 11 is 3.22. The lowest BCUT2D eigenvalue weighted by Crippen LogP contribution is -1.90. The molecule has 28 rings (SSSR count). The van der Waals surface area contributed by atoms with Gasteiger partial charge in [0.15, 0.2) is 46.5 Å². The number of fused-ring (bicyclic) bond motifs is 14.